The minimum absolute atomic E-state index is 0.0723. The lowest BCUT2D eigenvalue weighted by molar-refractivity contribution is 0.103. The molecule has 2 N–H and O–H groups in total. The number of nitrogens with two attached hydrogens (primary N) is 1. The normalized spacial score (nSPS) is 10.4. The highest BCUT2D eigenvalue weighted by Crippen LogP contribution is 2.21. The summed E-state index contributed by atoms with van der Waals surface area (Å²) in [6, 6.07) is 11.3. The van der Waals surface area contributed by atoms with Gasteiger partial charge in [-0.05, 0) is 55.7 Å². The lowest BCUT2D eigenvalue weighted by Gasteiger charge is -2.11. The topological polar surface area (TPSA) is 43.1 Å². The van der Waals surface area contributed by atoms with Gasteiger partial charge in [0.1, 0.15) is 0 Å². The van der Waals surface area contributed by atoms with Crippen molar-refractivity contribution in [2.24, 2.45) is 0 Å². The standard InChI is InChI=1S/C16H17NO/c1-10-5-4-6-11(2)15(10)16(18)14-8-7-13(17)9-12(14)3/h4-9H,17H2,1-3H3. The van der Waals surface area contributed by atoms with Gasteiger partial charge in [0, 0.05) is 16.8 Å². The fourth-order valence-corrected chi connectivity index (χ4v) is 2.25. The van der Waals surface area contributed by atoms with Crippen LogP contribution in [0.25, 0.3) is 0 Å². The highest BCUT2D eigenvalue weighted by Gasteiger charge is 2.15. The first kappa shape index (κ1) is 12.4. The molecule has 18 heavy (non-hydrogen) atoms. The Morgan fingerprint density at radius 2 is 1.56 bits per heavy atom. The number of carbonyl (C=O) groups excluding carboxylic acids is 1. The van der Waals surface area contributed by atoms with Crippen molar-refractivity contribution in [2.45, 2.75) is 20.8 Å². The maximum absolute atomic E-state index is 12.6. The van der Waals surface area contributed by atoms with Gasteiger partial charge < -0.3 is 5.73 Å². The summed E-state index contributed by atoms with van der Waals surface area (Å²) in [6.07, 6.45) is 0. The Kier molecular flexibility index (Phi) is 3.19. The van der Waals surface area contributed by atoms with Crippen molar-refractivity contribution in [2.75, 3.05) is 5.73 Å². The SMILES string of the molecule is Cc1cc(N)ccc1C(=O)c1c(C)cccc1C. The Bertz CT molecular complexity index is 594. The van der Waals surface area contributed by atoms with Crippen LogP contribution in [0.15, 0.2) is 36.4 Å². The molecule has 0 amide bonds. The zero-order valence-electron chi connectivity index (χ0n) is 10.9. The van der Waals surface area contributed by atoms with Crippen molar-refractivity contribution in [1.29, 1.82) is 0 Å². The molecule has 0 heterocycles. The third-order valence-electron chi connectivity index (χ3n) is 3.20. The van der Waals surface area contributed by atoms with Gasteiger partial charge in [0.15, 0.2) is 5.78 Å². The Hall–Kier alpha value is -2.09. The largest absolute Gasteiger partial charge is 0.399 e. The third-order valence-corrected chi connectivity index (χ3v) is 3.20. The number of nitrogen functional groups attached to an aromatic ring is 1. The molecule has 0 spiro atoms. The van der Waals surface area contributed by atoms with Crippen LogP contribution in [0.4, 0.5) is 5.69 Å². The smallest absolute Gasteiger partial charge is 0.193 e. The van der Waals surface area contributed by atoms with Crippen LogP contribution in [0, 0.1) is 20.8 Å². The summed E-state index contributed by atoms with van der Waals surface area (Å²) in [6.45, 7) is 5.84. The lowest BCUT2D eigenvalue weighted by Crippen LogP contribution is -2.08. The summed E-state index contributed by atoms with van der Waals surface area (Å²) in [5.74, 6) is 0.0723. The molecule has 0 unspecified atom stereocenters. The van der Waals surface area contributed by atoms with Gasteiger partial charge in [-0.15, -0.1) is 0 Å². The molecule has 0 fully saturated rings. The summed E-state index contributed by atoms with van der Waals surface area (Å²) < 4.78 is 0. The van der Waals surface area contributed by atoms with Gasteiger partial charge >= 0.3 is 0 Å². The Labute approximate surface area is 107 Å². The van der Waals surface area contributed by atoms with Crippen LogP contribution in [-0.4, -0.2) is 5.78 Å². The average Bonchev–Trinajstić information content (AvgIpc) is 2.28. The van der Waals surface area contributed by atoms with Gasteiger partial charge in [0.2, 0.25) is 0 Å². The van der Waals surface area contributed by atoms with Crippen LogP contribution in [0.1, 0.15) is 32.6 Å². The second-order valence-electron chi connectivity index (χ2n) is 4.67. The molecule has 0 bridgehead atoms. The van der Waals surface area contributed by atoms with Crippen molar-refractivity contribution in [1.82, 2.24) is 0 Å². The molecule has 0 radical (unpaired) electrons. The van der Waals surface area contributed by atoms with Gasteiger partial charge in [0.25, 0.3) is 0 Å². The van der Waals surface area contributed by atoms with Crippen molar-refractivity contribution < 1.29 is 4.79 Å². The molecule has 0 aliphatic rings. The molecule has 0 aromatic heterocycles. The Morgan fingerprint density at radius 1 is 0.944 bits per heavy atom. The van der Waals surface area contributed by atoms with E-state index in [1.54, 1.807) is 12.1 Å². The quantitative estimate of drug-likeness (QED) is 0.644. The average molecular weight is 239 g/mol. The number of ketones is 1. The monoisotopic (exact) mass is 239 g/mol. The molecule has 2 heteroatoms. The van der Waals surface area contributed by atoms with E-state index in [2.05, 4.69) is 0 Å². The number of benzene rings is 2. The second-order valence-corrected chi connectivity index (χ2v) is 4.67. The van der Waals surface area contributed by atoms with E-state index in [0.29, 0.717) is 5.69 Å². The van der Waals surface area contributed by atoms with Crippen molar-refractivity contribution in [3.8, 4) is 0 Å². The summed E-state index contributed by atoms with van der Waals surface area (Å²) in [7, 11) is 0. The molecule has 0 atom stereocenters. The van der Waals surface area contributed by atoms with Crippen LogP contribution in [0.3, 0.4) is 0 Å². The molecule has 92 valence electrons. The Morgan fingerprint density at radius 3 is 2.11 bits per heavy atom. The molecule has 0 aliphatic carbocycles. The summed E-state index contributed by atoms with van der Waals surface area (Å²) in [5, 5.41) is 0. The van der Waals surface area contributed by atoms with E-state index in [1.807, 2.05) is 45.0 Å². The predicted octanol–water partition coefficient (Wildman–Crippen LogP) is 3.43. The van der Waals surface area contributed by atoms with Gasteiger partial charge in [0.05, 0.1) is 0 Å². The fraction of sp³-hybridized carbons (Fsp3) is 0.188. The first-order valence-corrected chi connectivity index (χ1v) is 5.97. The number of hydrogen-bond donors (Lipinski definition) is 1. The molecule has 0 aliphatic heterocycles. The number of anilines is 1. The lowest BCUT2D eigenvalue weighted by atomic mass is 9.92. The van der Waals surface area contributed by atoms with Crippen LogP contribution < -0.4 is 5.73 Å². The summed E-state index contributed by atoms with van der Waals surface area (Å²) >= 11 is 0. The first-order chi connectivity index (χ1) is 8.50. The van der Waals surface area contributed by atoms with Crippen LogP contribution >= 0.6 is 0 Å². The highest BCUT2D eigenvalue weighted by atomic mass is 16.1. The molecule has 2 aromatic carbocycles. The van der Waals surface area contributed by atoms with Gasteiger partial charge in [-0.25, -0.2) is 0 Å². The molecule has 2 aromatic rings. The third kappa shape index (κ3) is 2.14. The molecule has 2 rings (SSSR count). The maximum atomic E-state index is 12.6. The van der Waals surface area contributed by atoms with Crippen molar-refractivity contribution >= 4 is 11.5 Å². The van der Waals surface area contributed by atoms with Gasteiger partial charge in [-0.3, -0.25) is 4.79 Å². The highest BCUT2D eigenvalue weighted by molar-refractivity contribution is 6.11. The van der Waals surface area contributed by atoms with E-state index >= 15 is 0 Å². The molecular weight excluding hydrogens is 222 g/mol. The molecular formula is C16H17NO. The maximum Gasteiger partial charge on any atom is 0.193 e. The minimum Gasteiger partial charge on any atom is -0.399 e. The minimum atomic E-state index is 0.0723. The molecule has 0 saturated carbocycles. The van der Waals surface area contributed by atoms with Gasteiger partial charge in [-0.2, -0.15) is 0 Å². The summed E-state index contributed by atoms with van der Waals surface area (Å²) in [5.41, 5.74) is 10.9. The van der Waals surface area contributed by atoms with E-state index in [4.69, 9.17) is 5.73 Å². The Balaban J connectivity index is 2.55. The van der Waals surface area contributed by atoms with Crippen LogP contribution in [-0.2, 0) is 0 Å². The van der Waals surface area contributed by atoms with E-state index < -0.39 is 0 Å². The van der Waals surface area contributed by atoms with Crippen molar-refractivity contribution in [3.63, 3.8) is 0 Å². The summed E-state index contributed by atoms with van der Waals surface area (Å²) in [4.78, 5) is 12.6. The zero-order valence-corrected chi connectivity index (χ0v) is 10.9. The van der Waals surface area contributed by atoms with Crippen LogP contribution in [0.5, 0.6) is 0 Å². The number of rotatable bonds is 2. The van der Waals surface area contributed by atoms with E-state index in [-0.39, 0.29) is 5.78 Å². The number of carbonyl (C=O) groups is 1. The molecule has 2 nitrogen and oxygen atoms in total. The fourth-order valence-electron chi connectivity index (χ4n) is 2.25. The zero-order chi connectivity index (χ0) is 13.3. The number of aryl methyl sites for hydroxylation is 3. The molecule has 0 saturated heterocycles. The predicted molar refractivity (Wildman–Crippen MR) is 74.9 cm³/mol. The van der Waals surface area contributed by atoms with E-state index in [0.717, 1.165) is 27.8 Å². The van der Waals surface area contributed by atoms with E-state index in [9.17, 15) is 4.79 Å². The van der Waals surface area contributed by atoms with E-state index in [1.165, 1.54) is 0 Å². The van der Waals surface area contributed by atoms with Crippen LogP contribution in [0.2, 0.25) is 0 Å². The van der Waals surface area contributed by atoms with Crippen molar-refractivity contribution in [3.05, 3.63) is 64.2 Å². The first-order valence-electron chi connectivity index (χ1n) is 5.97. The van der Waals surface area contributed by atoms with Gasteiger partial charge in [-0.1, -0.05) is 18.2 Å². The number of hydrogen-bond acceptors (Lipinski definition) is 2. The second kappa shape index (κ2) is 4.65.